The highest BCUT2D eigenvalue weighted by Gasteiger charge is 2.34. The van der Waals surface area contributed by atoms with Crippen molar-refractivity contribution in [3.63, 3.8) is 0 Å². The van der Waals surface area contributed by atoms with Crippen molar-refractivity contribution in [2.45, 2.75) is 24.9 Å². The van der Waals surface area contributed by atoms with Crippen molar-refractivity contribution in [1.29, 1.82) is 0 Å². The number of aromatic nitrogens is 2. The van der Waals surface area contributed by atoms with Gasteiger partial charge in [-0.25, -0.2) is 9.18 Å². The van der Waals surface area contributed by atoms with Gasteiger partial charge in [0.2, 0.25) is 0 Å². The second-order valence-electron chi connectivity index (χ2n) is 3.72. The van der Waals surface area contributed by atoms with E-state index in [1.54, 1.807) is 0 Å². The summed E-state index contributed by atoms with van der Waals surface area (Å²) in [6, 6.07) is 0. The Labute approximate surface area is 95.3 Å². The van der Waals surface area contributed by atoms with Crippen LogP contribution in [0.1, 0.15) is 6.42 Å². The van der Waals surface area contributed by atoms with E-state index in [4.69, 9.17) is 9.84 Å². The van der Waals surface area contributed by atoms with Crippen LogP contribution in [0, 0.1) is 5.82 Å². The first-order valence-electron chi connectivity index (χ1n) is 5.06. The van der Waals surface area contributed by atoms with E-state index in [1.807, 2.05) is 0 Å². The average molecular weight is 245 g/mol. The zero-order valence-corrected chi connectivity index (χ0v) is 8.76. The van der Waals surface area contributed by atoms with Gasteiger partial charge in [-0.15, -0.1) is 0 Å². The molecule has 1 aliphatic rings. The molecule has 1 aliphatic heterocycles. The van der Waals surface area contributed by atoms with Crippen LogP contribution in [0.2, 0.25) is 0 Å². The molecule has 8 heteroatoms. The Bertz CT molecular complexity index is 452. The molecule has 7 nitrogen and oxygen atoms in total. The highest BCUT2D eigenvalue weighted by molar-refractivity contribution is 5.35. The Morgan fingerprint density at radius 2 is 2.47 bits per heavy atom. The van der Waals surface area contributed by atoms with E-state index in [-0.39, 0.29) is 18.8 Å². The molecule has 0 aliphatic carbocycles. The number of aliphatic hydroxyl groups is 2. The number of halogens is 1. The summed E-state index contributed by atoms with van der Waals surface area (Å²) in [4.78, 5) is 16.2. The Kier molecular flexibility index (Phi) is 3.36. The highest BCUT2D eigenvalue weighted by atomic mass is 19.1. The van der Waals surface area contributed by atoms with Gasteiger partial charge in [0.15, 0.2) is 12.0 Å². The summed E-state index contributed by atoms with van der Waals surface area (Å²) in [6.07, 6.45) is -1.25. The lowest BCUT2D eigenvalue weighted by Gasteiger charge is -2.17. The van der Waals surface area contributed by atoms with Crippen LogP contribution in [-0.4, -0.2) is 45.2 Å². The lowest BCUT2D eigenvalue weighted by Crippen LogP contribution is -2.31. The summed E-state index contributed by atoms with van der Waals surface area (Å²) in [6.45, 7) is -0.232. The van der Waals surface area contributed by atoms with Gasteiger partial charge in [0.1, 0.15) is 11.9 Å². The third kappa shape index (κ3) is 2.60. The molecule has 0 amide bonds. The van der Waals surface area contributed by atoms with E-state index in [0.717, 1.165) is 6.20 Å². The summed E-state index contributed by atoms with van der Waals surface area (Å²) in [5, 5.41) is 21.0. The van der Waals surface area contributed by atoms with E-state index in [1.165, 1.54) is 0 Å². The van der Waals surface area contributed by atoms with Gasteiger partial charge in [0, 0.05) is 6.42 Å². The molecule has 0 radical (unpaired) electrons. The molecular formula is C9H12FN3O4. The Hall–Kier alpha value is -1.51. The van der Waals surface area contributed by atoms with Crippen molar-refractivity contribution in [3.05, 3.63) is 22.5 Å². The molecule has 1 aromatic rings. The monoisotopic (exact) mass is 245 g/mol. The zero-order chi connectivity index (χ0) is 12.4. The maximum Gasteiger partial charge on any atom is 0.346 e. The summed E-state index contributed by atoms with van der Waals surface area (Å²) in [5.41, 5.74) is -0.708. The Balaban J connectivity index is 2.11. The number of H-pyrrole nitrogens is 1. The first-order chi connectivity index (χ1) is 8.10. The maximum atomic E-state index is 13.2. The second-order valence-corrected chi connectivity index (χ2v) is 3.72. The number of anilines is 1. The van der Waals surface area contributed by atoms with Crippen molar-refractivity contribution < 1.29 is 19.3 Å². The summed E-state index contributed by atoms with van der Waals surface area (Å²) in [5.74, 6) is -0.958. The summed E-state index contributed by atoms with van der Waals surface area (Å²) < 4.78 is 18.4. The number of rotatable bonds is 3. The lowest BCUT2D eigenvalue weighted by atomic mass is 10.2. The summed E-state index contributed by atoms with van der Waals surface area (Å²) >= 11 is 0. The minimum absolute atomic E-state index is 0.201. The first-order valence-corrected chi connectivity index (χ1v) is 5.06. The number of nitrogens with one attached hydrogen (secondary N) is 2. The SMILES string of the molecule is O=c1ncc(F)c(N[C@H]2O[C@@H](CO)C[C@H]2O)[nH]1. The highest BCUT2D eigenvalue weighted by Crippen LogP contribution is 2.21. The Morgan fingerprint density at radius 1 is 1.71 bits per heavy atom. The van der Waals surface area contributed by atoms with Crippen molar-refractivity contribution in [1.82, 2.24) is 9.97 Å². The van der Waals surface area contributed by atoms with Gasteiger partial charge < -0.3 is 20.3 Å². The van der Waals surface area contributed by atoms with E-state index < -0.39 is 29.9 Å². The normalized spacial score (nSPS) is 28.3. The van der Waals surface area contributed by atoms with Crippen LogP contribution in [0.15, 0.2) is 11.0 Å². The van der Waals surface area contributed by atoms with Gasteiger partial charge in [0.05, 0.1) is 18.9 Å². The van der Waals surface area contributed by atoms with Crippen LogP contribution in [-0.2, 0) is 4.74 Å². The topological polar surface area (TPSA) is 107 Å². The minimum Gasteiger partial charge on any atom is -0.394 e. The predicted molar refractivity (Wildman–Crippen MR) is 54.8 cm³/mol. The largest absolute Gasteiger partial charge is 0.394 e. The molecule has 2 rings (SSSR count). The molecule has 2 heterocycles. The van der Waals surface area contributed by atoms with Gasteiger partial charge in [-0.05, 0) is 0 Å². The van der Waals surface area contributed by atoms with E-state index >= 15 is 0 Å². The van der Waals surface area contributed by atoms with Gasteiger partial charge in [0.25, 0.3) is 0 Å². The maximum absolute atomic E-state index is 13.2. The van der Waals surface area contributed by atoms with Crippen LogP contribution in [0.5, 0.6) is 0 Å². The van der Waals surface area contributed by atoms with Gasteiger partial charge in [-0.3, -0.25) is 4.98 Å². The number of nitrogens with zero attached hydrogens (tertiary/aromatic N) is 1. The second kappa shape index (κ2) is 4.78. The van der Waals surface area contributed by atoms with Crippen LogP contribution < -0.4 is 11.0 Å². The van der Waals surface area contributed by atoms with E-state index in [0.29, 0.717) is 0 Å². The fourth-order valence-corrected chi connectivity index (χ4v) is 1.62. The van der Waals surface area contributed by atoms with Crippen molar-refractivity contribution in [2.75, 3.05) is 11.9 Å². The number of hydrogen-bond donors (Lipinski definition) is 4. The number of aliphatic hydroxyl groups excluding tert-OH is 2. The van der Waals surface area contributed by atoms with E-state index in [2.05, 4.69) is 15.3 Å². The van der Waals surface area contributed by atoms with Gasteiger partial charge in [-0.2, -0.15) is 4.98 Å². The van der Waals surface area contributed by atoms with Gasteiger partial charge in [-0.1, -0.05) is 0 Å². The molecule has 0 bridgehead atoms. The molecule has 1 saturated heterocycles. The molecule has 4 N–H and O–H groups in total. The molecule has 0 spiro atoms. The molecule has 1 fully saturated rings. The van der Waals surface area contributed by atoms with Crippen molar-refractivity contribution in [3.8, 4) is 0 Å². The van der Waals surface area contributed by atoms with Crippen LogP contribution in [0.4, 0.5) is 10.2 Å². The minimum atomic E-state index is -0.886. The summed E-state index contributed by atoms with van der Waals surface area (Å²) in [7, 11) is 0. The molecule has 0 aromatic carbocycles. The smallest absolute Gasteiger partial charge is 0.346 e. The number of hydrogen-bond acceptors (Lipinski definition) is 6. The molecular weight excluding hydrogens is 233 g/mol. The molecule has 3 atom stereocenters. The molecule has 17 heavy (non-hydrogen) atoms. The van der Waals surface area contributed by atoms with Crippen molar-refractivity contribution in [2.24, 2.45) is 0 Å². The third-order valence-electron chi connectivity index (χ3n) is 2.45. The van der Waals surface area contributed by atoms with Crippen molar-refractivity contribution >= 4 is 5.82 Å². The number of ether oxygens (including phenoxy) is 1. The quantitative estimate of drug-likeness (QED) is 0.532. The lowest BCUT2D eigenvalue weighted by molar-refractivity contribution is 0.00497. The molecule has 94 valence electrons. The average Bonchev–Trinajstić information content (AvgIpc) is 2.65. The van der Waals surface area contributed by atoms with Gasteiger partial charge >= 0.3 is 5.69 Å². The standard InChI is InChI=1S/C9H12FN3O4/c10-5-2-11-9(16)13-7(5)12-8-6(15)1-4(3-14)17-8/h2,4,6,8,14-15H,1,3H2,(H2,11,12,13,16)/t4-,6-,8+/m1/s1. The fraction of sp³-hybridized carbons (Fsp3) is 0.556. The van der Waals surface area contributed by atoms with E-state index in [9.17, 15) is 14.3 Å². The van der Waals surface area contributed by atoms with Crippen LogP contribution in [0.25, 0.3) is 0 Å². The number of aromatic amines is 1. The third-order valence-corrected chi connectivity index (χ3v) is 2.45. The molecule has 0 unspecified atom stereocenters. The fourth-order valence-electron chi connectivity index (χ4n) is 1.62. The predicted octanol–water partition coefficient (Wildman–Crippen LogP) is -1.21. The first kappa shape index (κ1) is 12.0. The molecule has 0 saturated carbocycles. The Morgan fingerprint density at radius 3 is 3.12 bits per heavy atom. The zero-order valence-electron chi connectivity index (χ0n) is 8.76. The van der Waals surface area contributed by atoms with Crippen LogP contribution >= 0.6 is 0 Å². The van der Waals surface area contributed by atoms with Crippen LogP contribution in [0.3, 0.4) is 0 Å². The molecule has 1 aromatic heterocycles.